The van der Waals surface area contributed by atoms with E-state index in [0.29, 0.717) is 5.15 Å². The van der Waals surface area contributed by atoms with Crippen molar-refractivity contribution in [2.24, 2.45) is 0 Å². The Morgan fingerprint density at radius 3 is 2.89 bits per heavy atom. The third-order valence-corrected chi connectivity index (χ3v) is 3.35. The third-order valence-electron chi connectivity index (χ3n) is 3.02. The van der Waals surface area contributed by atoms with Crippen LogP contribution in [0.4, 0.5) is 0 Å². The molecule has 18 heavy (non-hydrogen) atoms. The van der Waals surface area contributed by atoms with Crippen LogP contribution < -0.4 is 5.32 Å². The number of unbranched alkanes of at least 4 members (excludes halogenated alkanes) is 2. The molecule has 1 aromatic carbocycles. The summed E-state index contributed by atoms with van der Waals surface area (Å²) in [5, 5.41) is 5.17. The lowest BCUT2D eigenvalue weighted by molar-refractivity contribution is 0.616. The number of nitrogens with zero attached hydrogens (tertiary/aromatic N) is 1. The fourth-order valence-corrected chi connectivity index (χ4v) is 2.20. The third kappa shape index (κ3) is 3.44. The molecular weight excluding hydrogens is 244 g/mol. The Bertz CT molecular complexity index is 511. The number of hydrogen-bond donors (Lipinski definition) is 1. The summed E-state index contributed by atoms with van der Waals surface area (Å²) >= 11 is 6.19. The van der Waals surface area contributed by atoms with E-state index >= 15 is 0 Å². The van der Waals surface area contributed by atoms with Gasteiger partial charge in [-0.05, 0) is 25.1 Å². The molecule has 0 saturated heterocycles. The van der Waals surface area contributed by atoms with Crippen molar-refractivity contribution in [1.82, 2.24) is 10.3 Å². The van der Waals surface area contributed by atoms with Crippen LogP contribution in [-0.4, -0.2) is 11.5 Å². The maximum Gasteiger partial charge on any atom is 0.134 e. The molecule has 0 radical (unpaired) electrons. The van der Waals surface area contributed by atoms with Crippen LogP contribution in [0, 0.1) is 0 Å². The summed E-state index contributed by atoms with van der Waals surface area (Å²) in [6.45, 7) is 4.04. The summed E-state index contributed by atoms with van der Waals surface area (Å²) in [7, 11) is 0. The van der Waals surface area contributed by atoms with E-state index < -0.39 is 0 Å². The summed E-state index contributed by atoms with van der Waals surface area (Å²) in [5.74, 6) is 0. The molecule has 1 N–H and O–H groups in total. The first-order chi connectivity index (χ1) is 8.81. The Kier molecular flexibility index (Phi) is 4.97. The molecule has 2 nitrogen and oxygen atoms in total. The molecule has 0 saturated carbocycles. The number of rotatable bonds is 6. The minimum Gasteiger partial charge on any atom is -0.313 e. The second-order valence-electron chi connectivity index (χ2n) is 4.51. The van der Waals surface area contributed by atoms with Crippen molar-refractivity contribution >= 4 is 22.5 Å². The molecule has 0 fully saturated rings. The molecule has 2 rings (SSSR count). The van der Waals surface area contributed by atoms with Crippen LogP contribution in [0.25, 0.3) is 10.9 Å². The summed E-state index contributed by atoms with van der Waals surface area (Å²) < 4.78 is 0. The second kappa shape index (κ2) is 6.72. The van der Waals surface area contributed by atoms with Crippen LogP contribution in [0.1, 0.15) is 31.7 Å². The molecule has 0 aliphatic heterocycles. The smallest absolute Gasteiger partial charge is 0.134 e. The van der Waals surface area contributed by atoms with Gasteiger partial charge < -0.3 is 5.32 Å². The number of para-hydroxylation sites is 1. The molecule has 1 heterocycles. The van der Waals surface area contributed by atoms with E-state index in [1.54, 1.807) is 0 Å². The molecular formula is C15H19ClN2. The Hall–Kier alpha value is -1.12. The number of hydrogen-bond acceptors (Lipinski definition) is 2. The highest BCUT2D eigenvalue weighted by Crippen LogP contribution is 2.20. The van der Waals surface area contributed by atoms with Crippen LogP contribution in [0.15, 0.2) is 30.3 Å². The van der Waals surface area contributed by atoms with Gasteiger partial charge in [0.25, 0.3) is 0 Å². The van der Waals surface area contributed by atoms with Gasteiger partial charge in [0.2, 0.25) is 0 Å². The lowest BCUT2D eigenvalue weighted by Gasteiger charge is -2.07. The predicted molar refractivity (Wildman–Crippen MR) is 78.0 cm³/mol. The number of halogens is 1. The van der Waals surface area contributed by atoms with E-state index in [4.69, 9.17) is 11.6 Å². The number of nitrogens with one attached hydrogen (secondary N) is 1. The Labute approximate surface area is 113 Å². The zero-order valence-corrected chi connectivity index (χ0v) is 11.5. The van der Waals surface area contributed by atoms with E-state index in [1.807, 2.05) is 18.2 Å². The van der Waals surface area contributed by atoms with Gasteiger partial charge in [0.15, 0.2) is 0 Å². The number of aromatic nitrogens is 1. The fraction of sp³-hybridized carbons (Fsp3) is 0.400. The summed E-state index contributed by atoms with van der Waals surface area (Å²) in [6.07, 6.45) is 3.74. The van der Waals surface area contributed by atoms with Gasteiger partial charge in [-0.25, -0.2) is 4.98 Å². The quantitative estimate of drug-likeness (QED) is 0.624. The fourth-order valence-electron chi connectivity index (χ4n) is 1.98. The molecule has 3 heteroatoms. The largest absolute Gasteiger partial charge is 0.313 e. The normalized spacial score (nSPS) is 11.0. The van der Waals surface area contributed by atoms with Crippen molar-refractivity contribution in [3.05, 3.63) is 41.0 Å². The molecule has 0 unspecified atom stereocenters. The van der Waals surface area contributed by atoms with Crippen molar-refractivity contribution < 1.29 is 0 Å². The van der Waals surface area contributed by atoms with Crippen molar-refractivity contribution in [3.63, 3.8) is 0 Å². The number of fused-ring (bicyclic) bond motifs is 1. The van der Waals surface area contributed by atoms with Crippen LogP contribution in [0.3, 0.4) is 0 Å². The molecule has 0 aliphatic rings. The molecule has 0 aliphatic carbocycles. The maximum atomic E-state index is 6.19. The first-order valence-electron chi connectivity index (χ1n) is 6.56. The average Bonchev–Trinajstić information content (AvgIpc) is 2.39. The topological polar surface area (TPSA) is 24.9 Å². The van der Waals surface area contributed by atoms with Gasteiger partial charge in [-0.1, -0.05) is 49.6 Å². The zero-order valence-electron chi connectivity index (χ0n) is 10.7. The van der Waals surface area contributed by atoms with Gasteiger partial charge in [0, 0.05) is 17.5 Å². The molecule has 96 valence electrons. The second-order valence-corrected chi connectivity index (χ2v) is 4.87. The maximum absolute atomic E-state index is 6.19. The van der Waals surface area contributed by atoms with Gasteiger partial charge in [0.1, 0.15) is 5.15 Å². The molecule has 1 aromatic heterocycles. The Balaban J connectivity index is 2.01. The van der Waals surface area contributed by atoms with E-state index in [2.05, 4.69) is 29.4 Å². The minimum atomic E-state index is 0.608. The standard InChI is InChI=1S/C15H19ClN2/c1-2-3-6-9-17-11-13-10-12-7-4-5-8-14(12)18-15(13)16/h4-5,7-8,10,17H,2-3,6,9,11H2,1H3. The Morgan fingerprint density at radius 2 is 2.06 bits per heavy atom. The predicted octanol–water partition coefficient (Wildman–Crippen LogP) is 4.17. The highest BCUT2D eigenvalue weighted by molar-refractivity contribution is 6.30. The summed E-state index contributed by atoms with van der Waals surface area (Å²) in [4.78, 5) is 4.42. The van der Waals surface area contributed by atoms with Crippen LogP contribution in [-0.2, 0) is 6.54 Å². The van der Waals surface area contributed by atoms with Crippen LogP contribution >= 0.6 is 11.6 Å². The van der Waals surface area contributed by atoms with Crippen molar-refractivity contribution in [3.8, 4) is 0 Å². The van der Waals surface area contributed by atoms with Gasteiger partial charge in [0.05, 0.1) is 5.52 Å². The SMILES string of the molecule is CCCCCNCc1cc2ccccc2nc1Cl. The molecule has 0 atom stereocenters. The van der Waals surface area contributed by atoms with Gasteiger partial charge in [-0.2, -0.15) is 0 Å². The monoisotopic (exact) mass is 262 g/mol. The van der Waals surface area contributed by atoms with Crippen molar-refractivity contribution in [2.45, 2.75) is 32.7 Å². The van der Waals surface area contributed by atoms with Gasteiger partial charge in [-0.3, -0.25) is 0 Å². The molecule has 0 bridgehead atoms. The molecule has 2 aromatic rings. The van der Waals surface area contributed by atoms with E-state index in [1.165, 1.54) is 19.3 Å². The van der Waals surface area contributed by atoms with Gasteiger partial charge in [-0.15, -0.1) is 0 Å². The summed E-state index contributed by atoms with van der Waals surface area (Å²) in [6, 6.07) is 10.2. The van der Waals surface area contributed by atoms with Crippen molar-refractivity contribution in [2.75, 3.05) is 6.54 Å². The first kappa shape index (κ1) is 13.3. The lowest BCUT2D eigenvalue weighted by atomic mass is 10.1. The first-order valence-corrected chi connectivity index (χ1v) is 6.94. The highest BCUT2D eigenvalue weighted by Gasteiger charge is 2.03. The number of benzene rings is 1. The highest BCUT2D eigenvalue weighted by atomic mass is 35.5. The Morgan fingerprint density at radius 1 is 1.22 bits per heavy atom. The summed E-state index contributed by atoms with van der Waals surface area (Å²) in [5.41, 5.74) is 2.03. The number of pyridine rings is 1. The molecule has 0 spiro atoms. The van der Waals surface area contributed by atoms with Crippen LogP contribution in [0.2, 0.25) is 5.15 Å². The van der Waals surface area contributed by atoms with E-state index in [-0.39, 0.29) is 0 Å². The van der Waals surface area contributed by atoms with E-state index in [9.17, 15) is 0 Å². The minimum absolute atomic E-state index is 0.608. The van der Waals surface area contributed by atoms with Gasteiger partial charge >= 0.3 is 0 Å². The molecule has 0 amide bonds. The van der Waals surface area contributed by atoms with Crippen molar-refractivity contribution in [1.29, 1.82) is 0 Å². The van der Waals surface area contributed by atoms with E-state index in [0.717, 1.165) is 29.6 Å². The average molecular weight is 263 g/mol. The zero-order chi connectivity index (χ0) is 12.8. The lowest BCUT2D eigenvalue weighted by Crippen LogP contribution is -2.15. The van der Waals surface area contributed by atoms with Crippen LogP contribution in [0.5, 0.6) is 0 Å².